The van der Waals surface area contributed by atoms with Crippen LogP contribution in [0, 0.1) is 13.8 Å². The second-order valence-electron chi connectivity index (χ2n) is 6.38. The van der Waals surface area contributed by atoms with Gasteiger partial charge in [-0.15, -0.1) is 0 Å². The van der Waals surface area contributed by atoms with Gasteiger partial charge in [0.2, 0.25) is 15.9 Å². The largest absolute Gasteiger partial charge is 0.350 e. The van der Waals surface area contributed by atoms with E-state index in [-0.39, 0.29) is 5.91 Å². The van der Waals surface area contributed by atoms with Crippen molar-refractivity contribution in [1.82, 2.24) is 5.32 Å². The van der Waals surface area contributed by atoms with Gasteiger partial charge in [0.05, 0.1) is 11.9 Å². The van der Waals surface area contributed by atoms with Crippen LogP contribution >= 0.6 is 11.6 Å². The third-order valence-electron chi connectivity index (χ3n) is 4.05. The van der Waals surface area contributed by atoms with Crippen LogP contribution in [0.25, 0.3) is 0 Å². The van der Waals surface area contributed by atoms with Gasteiger partial charge in [0.15, 0.2) is 0 Å². The average Bonchev–Trinajstić information content (AvgIpc) is 2.55. The molecule has 0 unspecified atom stereocenters. The normalized spacial score (nSPS) is 12.5. The standard InChI is InChI=1S/C19H23ClN2O3S/c1-13-6-5-7-16(10-13)12-21-19(23)15(3)22(26(4,24)25)17-9-8-14(2)18(20)11-17/h5-11,15H,12H2,1-4H3,(H,21,23)/t15-/m1/s1. The molecular formula is C19H23ClN2O3S. The molecule has 7 heteroatoms. The number of nitrogens with zero attached hydrogens (tertiary/aromatic N) is 1. The van der Waals surface area contributed by atoms with Crippen molar-refractivity contribution in [3.05, 3.63) is 64.2 Å². The Bertz CT molecular complexity index is 913. The van der Waals surface area contributed by atoms with Crippen LogP contribution in [0.3, 0.4) is 0 Å². The van der Waals surface area contributed by atoms with E-state index in [0.29, 0.717) is 17.3 Å². The maximum absolute atomic E-state index is 12.6. The molecule has 1 atom stereocenters. The number of hydrogen-bond donors (Lipinski definition) is 1. The summed E-state index contributed by atoms with van der Waals surface area (Å²) in [5.74, 6) is -0.381. The van der Waals surface area contributed by atoms with Crippen molar-refractivity contribution in [3.8, 4) is 0 Å². The minimum absolute atomic E-state index is 0.330. The number of benzene rings is 2. The first-order valence-corrected chi connectivity index (χ1v) is 10.4. The first-order chi connectivity index (χ1) is 12.1. The topological polar surface area (TPSA) is 66.5 Å². The Morgan fingerprint density at radius 2 is 1.88 bits per heavy atom. The Morgan fingerprint density at radius 1 is 1.19 bits per heavy atom. The highest BCUT2D eigenvalue weighted by Gasteiger charge is 2.29. The number of halogens is 1. The fourth-order valence-corrected chi connectivity index (χ4v) is 4.03. The molecule has 0 aliphatic carbocycles. The highest BCUT2D eigenvalue weighted by atomic mass is 35.5. The predicted molar refractivity (Wildman–Crippen MR) is 106 cm³/mol. The Labute approximate surface area is 160 Å². The quantitative estimate of drug-likeness (QED) is 0.816. The number of aryl methyl sites for hydroxylation is 2. The van der Waals surface area contributed by atoms with E-state index in [9.17, 15) is 13.2 Å². The van der Waals surface area contributed by atoms with E-state index < -0.39 is 16.1 Å². The summed E-state index contributed by atoms with van der Waals surface area (Å²) in [4.78, 5) is 12.6. The van der Waals surface area contributed by atoms with Gasteiger partial charge < -0.3 is 5.32 Å². The number of amides is 1. The Kier molecular flexibility index (Phi) is 6.31. The molecule has 1 amide bonds. The maximum atomic E-state index is 12.6. The van der Waals surface area contributed by atoms with Crippen LogP contribution in [0.1, 0.15) is 23.6 Å². The predicted octanol–water partition coefficient (Wildman–Crippen LogP) is 3.43. The number of sulfonamides is 1. The van der Waals surface area contributed by atoms with Crippen LogP contribution in [-0.2, 0) is 21.4 Å². The molecule has 140 valence electrons. The average molecular weight is 395 g/mol. The molecule has 0 heterocycles. The smallest absolute Gasteiger partial charge is 0.243 e. The van der Waals surface area contributed by atoms with Crippen molar-refractivity contribution in [2.24, 2.45) is 0 Å². The van der Waals surface area contributed by atoms with Crippen molar-refractivity contribution < 1.29 is 13.2 Å². The summed E-state index contributed by atoms with van der Waals surface area (Å²) in [5, 5.41) is 3.24. The molecule has 5 nitrogen and oxygen atoms in total. The second-order valence-corrected chi connectivity index (χ2v) is 8.64. The van der Waals surface area contributed by atoms with Crippen LogP contribution in [0.15, 0.2) is 42.5 Å². The lowest BCUT2D eigenvalue weighted by molar-refractivity contribution is -0.122. The van der Waals surface area contributed by atoms with E-state index in [4.69, 9.17) is 11.6 Å². The summed E-state index contributed by atoms with van der Waals surface area (Å²) in [6.07, 6.45) is 1.07. The van der Waals surface area contributed by atoms with Gasteiger partial charge in [-0.2, -0.15) is 0 Å². The minimum atomic E-state index is -3.67. The summed E-state index contributed by atoms with van der Waals surface area (Å²) in [6.45, 7) is 5.69. The highest BCUT2D eigenvalue weighted by molar-refractivity contribution is 7.92. The molecule has 0 aliphatic rings. The van der Waals surface area contributed by atoms with E-state index in [2.05, 4.69) is 5.32 Å². The summed E-state index contributed by atoms with van der Waals surface area (Å²) in [6, 6.07) is 11.8. The number of carbonyl (C=O) groups excluding carboxylic acids is 1. The van der Waals surface area contributed by atoms with Crippen LogP contribution in [0.5, 0.6) is 0 Å². The lowest BCUT2D eigenvalue weighted by Crippen LogP contribution is -2.47. The molecule has 2 aromatic carbocycles. The monoisotopic (exact) mass is 394 g/mol. The highest BCUT2D eigenvalue weighted by Crippen LogP contribution is 2.26. The lowest BCUT2D eigenvalue weighted by atomic mass is 10.1. The Balaban J connectivity index is 2.22. The molecule has 0 aliphatic heterocycles. The summed E-state index contributed by atoms with van der Waals surface area (Å²) in [5.41, 5.74) is 3.24. The number of hydrogen-bond acceptors (Lipinski definition) is 3. The first-order valence-electron chi connectivity index (χ1n) is 8.18. The molecule has 2 rings (SSSR count). The first kappa shape index (κ1) is 20.3. The summed E-state index contributed by atoms with van der Waals surface area (Å²) >= 11 is 6.13. The fourth-order valence-electron chi connectivity index (χ4n) is 2.69. The summed E-state index contributed by atoms with van der Waals surface area (Å²) < 4.78 is 25.7. The SMILES string of the molecule is Cc1cccc(CNC(=O)[C@@H](C)N(c2ccc(C)c(Cl)c2)S(C)(=O)=O)c1. The number of carbonyl (C=O) groups is 1. The summed E-state index contributed by atoms with van der Waals surface area (Å²) in [7, 11) is -3.67. The van der Waals surface area contributed by atoms with Gasteiger partial charge in [0.25, 0.3) is 0 Å². The zero-order chi connectivity index (χ0) is 19.5. The van der Waals surface area contributed by atoms with E-state index >= 15 is 0 Å². The van der Waals surface area contributed by atoms with Crippen molar-refractivity contribution in [3.63, 3.8) is 0 Å². The van der Waals surface area contributed by atoms with Gasteiger partial charge in [-0.25, -0.2) is 8.42 Å². The van der Waals surface area contributed by atoms with Crippen LogP contribution < -0.4 is 9.62 Å². The van der Waals surface area contributed by atoms with Gasteiger partial charge in [0, 0.05) is 11.6 Å². The fraction of sp³-hybridized carbons (Fsp3) is 0.316. The van der Waals surface area contributed by atoms with Gasteiger partial charge in [-0.1, -0.05) is 47.5 Å². The van der Waals surface area contributed by atoms with Crippen LogP contribution in [-0.4, -0.2) is 26.6 Å². The van der Waals surface area contributed by atoms with E-state index in [0.717, 1.165) is 27.3 Å². The van der Waals surface area contributed by atoms with Gasteiger partial charge >= 0.3 is 0 Å². The minimum Gasteiger partial charge on any atom is -0.350 e. The molecule has 0 bridgehead atoms. The van der Waals surface area contributed by atoms with Gasteiger partial charge in [-0.05, 0) is 44.0 Å². The molecule has 0 saturated carbocycles. The van der Waals surface area contributed by atoms with Crippen LogP contribution in [0.4, 0.5) is 5.69 Å². The molecular weight excluding hydrogens is 372 g/mol. The molecule has 0 fully saturated rings. The Morgan fingerprint density at radius 3 is 2.46 bits per heavy atom. The second kappa shape index (κ2) is 8.10. The molecule has 0 aromatic heterocycles. The van der Waals surface area contributed by atoms with Gasteiger partial charge in [0.1, 0.15) is 6.04 Å². The number of nitrogens with one attached hydrogen (secondary N) is 1. The molecule has 0 radical (unpaired) electrons. The van der Waals surface area contributed by atoms with Crippen LogP contribution in [0.2, 0.25) is 5.02 Å². The third-order valence-corrected chi connectivity index (χ3v) is 5.70. The molecule has 1 N–H and O–H groups in total. The van der Waals surface area contributed by atoms with E-state index in [1.807, 2.05) is 38.1 Å². The zero-order valence-electron chi connectivity index (χ0n) is 15.3. The van der Waals surface area contributed by atoms with E-state index in [1.54, 1.807) is 25.1 Å². The van der Waals surface area contributed by atoms with E-state index in [1.165, 1.54) is 0 Å². The molecule has 0 saturated heterocycles. The maximum Gasteiger partial charge on any atom is 0.243 e. The Hall–Kier alpha value is -2.05. The van der Waals surface area contributed by atoms with Crippen molar-refractivity contribution in [2.45, 2.75) is 33.4 Å². The number of anilines is 1. The molecule has 2 aromatic rings. The zero-order valence-corrected chi connectivity index (χ0v) is 16.9. The third kappa shape index (κ3) is 4.99. The molecule has 26 heavy (non-hydrogen) atoms. The van der Waals surface area contributed by atoms with Crippen molar-refractivity contribution in [1.29, 1.82) is 0 Å². The lowest BCUT2D eigenvalue weighted by Gasteiger charge is -2.28. The molecule has 0 spiro atoms. The van der Waals surface area contributed by atoms with Crippen molar-refractivity contribution >= 4 is 33.2 Å². The van der Waals surface area contributed by atoms with Crippen molar-refractivity contribution in [2.75, 3.05) is 10.6 Å². The van der Waals surface area contributed by atoms with Gasteiger partial charge in [-0.3, -0.25) is 9.10 Å². The number of rotatable bonds is 6.